The maximum Gasteiger partial charge on any atom is 0.306 e. The van der Waals surface area contributed by atoms with Gasteiger partial charge in [-0.25, -0.2) is 0 Å². The van der Waals surface area contributed by atoms with Gasteiger partial charge in [-0.2, -0.15) is 0 Å². The molecule has 0 bridgehead atoms. The van der Waals surface area contributed by atoms with Gasteiger partial charge in [0.15, 0.2) is 5.78 Å². The molecule has 3 fully saturated rings. The van der Waals surface area contributed by atoms with E-state index in [-0.39, 0.29) is 22.8 Å². The van der Waals surface area contributed by atoms with Crippen LogP contribution in [0.4, 0.5) is 0 Å². The minimum atomic E-state index is -0.523. The molecular formula is C19H26O4. The largest absolute Gasteiger partial charge is 0.459 e. The summed E-state index contributed by atoms with van der Waals surface area (Å²) in [5.41, 5.74) is 0.531. The van der Waals surface area contributed by atoms with E-state index >= 15 is 0 Å². The van der Waals surface area contributed by atoms with Crippen molar-refractivity contribution in [2.75, 3.05) is 0 Å². The molecule has 0 aromatic heterocycles. The smallest absolute Gasteiger partial charge is 0.306 e. The second kappa shape index (κ2) is 4.92. The SMILES string of the molecule is C[C@]12CCC(=O)C=C1[C@H](O)C[C@@H]1[C@@H]2CC[C@]2(C)OC(=O)CC[C@@H]12. The lowest BCUT2D eigenvalue weighted by molar-refractivity contribution is -0.197. The summed E-state index contributed by atoms with van der Waals surface area (Å²) in [6, 6.07) is 0. The quantitative estimate of drug-likeness (QED) is 0.698. The lowest BCUT2D eigenvalue weighted by Crippen LogP contribution is -2.58. The van der Waals surface area contributed by atoms with Gasteiger partial charge < -0.3 is 9.84 Å². The summed E-state index contributed by atoms with van der Waals surface area (Å²) in [5, 5.41) is 10.7. The van der Waals surface area contributed by atoms with Gasteiger partial charge in [-0.15, -0.1) is 0 Å². The monoisotopic (exact) mass is 318 g/mol. The van der Waals surface area contributed by atoms with Gasteiger partial charge in [0.1, 0.15) is 5.60 Å². The van der Waals surface area contributed by atoms with Crippen molar-refractivity contribution < 1.29 is 19.4 Å². The third-order valence-electron chi connectivity index (χ3n) is 7.32. The van der Waals surface area contributed by atoms with Crippen molar-refractivity contribution in [3.63, 3.8) is 0 Å². The molecule has 0 radical (unpaired) electrons. The molecule has 126 valence electrons. The van der Waals surface area contributed by atoms with Gasteiger partial charge >= 0.3 is 5.97 Å². The summed E-state index contributed by atoms with van der Waals surface area (Å²) in [5.74, 6) is 1.28. The van der Waals surface area contributed by atoms with E-state index in [9.17, 15) is 14.7 Å². The summed E-state index contributed by atoms with van der Waals surface area (Å²) in [4.78, 5) is 23.6. The lowest BCUT2D eigenvalue weighted by Gasteiger charge is -2.60. The Labute approximate surface area is 137 Å². The molecule has 1 heterocycles. The minimum Gasteiger partial charge on any atom is -0.459 e. The average molecular weight is 318 g/mol. The molecule has 2 saturated carbocycles. The van der Waals surface area contributed by atoms with Crippen LogP contribution in [0.1, 0.15) is 58.8 Å². The maximum absolute atomic E-state index is 11.8. The molecule has 4 heteroatoms. The van der Waals surface area contributed by atoms with E-state index in [1.165, 1.54) is 0 Å². The van der Waals surface area contributed by atoms with Crippen molar-refractivity contribution in [3.05, 3.63) is 11.6 Å². The molecule has 0 aromatic carbocycles. The number of aliphatic hydroxyl groups is 1. The Morgan fingerprint density at radius 1 is 1.13 bits per heavy atom. The molecule has 1 saturated heterocycles. The van der Waals surface area contributed by atoms with Crippen molar-refractivity contribution in [3.8, 4) is 0 Å². The number of esters is 1. The Hall–Kier alpha value is -1.16. The molecule has 3 aliphatic carbocycles. The van der Waals surface area contributed by atoms with Crippen molar-refractivity contribution in [1.82, 2.24) is 0 Å². The van der Waals surface area contributed by atoms with Crippen LogP contribution in [0.25, 0.3) is 0 Å². The molecule has 0 aromatic rings. The average Bonchev–Trinajstić information content (AvgIpc) is 2.48. The standard InChI is InChI=1S/C19H26O4/c1-18-7-5-11(20)9-15(18)16(21)10-12-13(18)6-8-19(2)14(12)3-4-17(22)23-19/h9,12-14,16,21H,3-8,10H2,1-2H3/t12-,13+,14+,16-,18-,19+/m1/s1. The Balaban J connectivity index is 1.71. The number of carbonyl (C=O) groups excluding carboxylic acids is 2. The molecule has 0 unspecified atom stereocenters. The van der Waals surface area contributed by atoms with Gasteiger partial charge in [0.25, 0.3) is 0 Å². The first kappa shape index (κ1) is 15.4. The van der Waals surface area contributed by atoms with Crippen molar-refractivity contribution in [2.45, 2.75) is 70.5 Å². The molecule has 6 atom stereocenters. The van der Waals surface area contributed by atoms with Crippen LogP contribution < -0.4 is 0 Å². The van der Waals surface area contributed by atoms with Gasteiger partial charge in [0.2, 0.25) is 0 Å². The van der Waals surface area contributed by atoms with Gasteiger partial charge in [0.05, 0.1) is 6.10 Å². The van der Waals surface area contributed by atoms with E-state index in [1.54, 1.807) is 6.08 Å². The number of hydrogen-bond donors (Lipinski definition) is 1. The van der Waals surface area contributed by atoms with E-state index in [4.69, 9.17) is 4.74 Å². The third kappa shape index (κ3) is 2.14. The van der Waals surface area contributed by atoms with E-state index in [2.05, 4.69) is 13.8 Å². The van der Waals surface area contributed by atoms with Crippen LogP contribution in [0.2, 0.25) is 0 Å². The number of hydrogen-bond acceptors (Lipinski definition) is 4. The number of ketones is 1. The van der Waals surface area contributed by atoms with E-state index in [1.807, 2.05) is 0 Å². The number of aliphatic hydroxyl groups excluding tert-OH is 1. The Morgan fingerprint density at radius 3 is 2.70 bits per heavy atom. The fourth-order valence-corrected chi connectivity index (χ4v) is 6.12. The summed E-state index contributed by atoms with van der Waals surface area (Å²) in [7, 11) is 0. The summed E-state index contributed by atoms with van der Waals surface area (Å²) >= 11 is 0. The van der Waals surface area contributed by atoms with Gasteiger partial charge in [-0.3, -0.25) is 9.59 Å². The Kier molecular flexibility index (Phi) is 3.29. The van der Waals surface area contributed by atoms with Crippen LogP contribution >= 0.6 is 0 Å². The molecule has 0 spiro atoms. The maximum atomic E-state index is 11.8. The number of rotatable bonds is 0. The van der Waals surface area contributed by atoms with Gasteiger partial charge in [-0.05, 0) is 67.9 Å². The summed E-state index contributed by atoms with van der Waals surface area (Å²) < 4.78 is 5.76. The van der Waals surface area contributed by atoms with Crippen molar-refractivity contribution in [2.24, 2.45) is 23.2 Å². The summed E-state index contributed by atoms with van der Waals surface area (Å²) in [6.07, 6.45) is 6.62. The van der Waals surface area contributed by atoms with Crippen LogP contribution in [0.3, 0.4) is 0 Å². The molecule has 4 rings (SSSR count). The molecule has 1 aliphatic heterocycles. The molecule has 0 amide bonds. The summed E-state index contributed by atoms with van der Waals surface area (Å²) in [6.45, 7) is 4.32. The first-order valence-electron chi connectivity index (χ1n) is 8.98. The normalized spacial score (nSPS) is 49.4. The van der Waals surface area contributed by atoms with Crippen LogP contribution in [-0.4, -0.2) is 28.6 Å². The first-order valence-corrected chi connectivity index (χ1v) is 8.98. The number of ether oxygens (including phenoxy) is 1. The van der Waals surface area contributed by atoms with E-state index in [0.29, 0.717) is 37.0 Å². The second-order valence-electron chi connectivity index (χ2n) is 8.48. The van der Waals surface area contributed by atoms with Gasteiger partial charge in [0, 0.05) is 18.8 Å². The highest BCUT2D eigenvalue weighted by molar-refractivity contribution is 5.91. The Morgan fingerprint density at radius 2 is 1.91 bits per heavy atom. The number of fused-ring (bicyclic) bond motifs is 5. The van der Waals surface area contributed by atoms with Crippen molar-refractivity contribution in [1.29, 1.82) is 0 Å². The first-order chi connectivity index (χ1) is 10.8. The fourth-order valence-electron chi connectivity index (χ4n) is 6.12. The molecule has 1 N–H and O–H groups in total. The third-order valence-corrected chi connectivity index (χ3v) is 7.32. The lowest BCUT2D eigenvalue weighted by atomic mass is 9.47. The van der Waals surface area contributed by atoms with E-state index < -0.39 is 6.10 Å². The molecule has 4 nitrogen and oxygen atoms in total. The zero-order valence-corrected chi connectivity index (χ0v) is 14.0. The van der Waals surface area contributed by atoms with Crippen LogP contribution in [0.5, 0.6) is 0 Å². The van der Waals surface area contributed by atoms with Crippen LogP contribution in [-0.2, 0) is 14.3 Å². The zero-order valence-electron chi connectivity index (χ0n) is 14.0. The predicted octanol–water partition coefficient (Wildman–Crippen LogP) is 2.78. The molecule has 23 heavy (non-hydrogen) atoms. The Bertz CT molecular complexity index is 594. The highest BCUT2D eigenvalue weighted by Crippen LogP contribution is 2.61. The minimum absolute atomic E-state index is 0.0704. The molecule has 4 aliphatic rings. The van der Waals surface area contributed by atoms with Crippen molar-refractivity contribution >= 4 is 11.8 Å². The van der Waals surface area contributed by atoms with Crippen LogP contribution in [0.15, 0.2) is 11.6 Å². The second-order valence-corrected chi connectivity index (χ2v) is 8.48. The predicted molar refractivity (Wildman–Crippen MR) is 84.5 cm³/mol. The van der Waals surface area contributed by atoms with Gasteiger partial charge in [-0.1, -0.05) is 6.92 Å². The fraction of sp³-hybridized carbons (Fsp3) is 0.789. The number of carbonyl (C=O) groups is 2. The van der Waals surface area contributed by atoms with Crippen LogP contribution in [0, 0.1) is 23.2 Å². The highest BCUT2D eigenvalue weighted by Gasteiger charge is 2.59. The zero-order chi connectivity index (χ0) is 16.4. The number of allylic oxidation sites excluding steroid dienone is 1. The highest BCUT2D eigenvalue weighted by atomic mass is 16.6. The molecular weight excluding hydrogens is 292 g/mol. The topological polar surface area (TPSA) is 63.6 Å². The van der Waals surface area contributed by atoms with E-state index in [0.717, 1.165) is 31.3 Å².